The normalized spacial score (nSPS) is 12.4. The number of carbonyl (C=O) groups excluding carboxylic acids is 2. The molecule has 0 aliphatic rings. The number of carbonyl (C=O) groups is 2. The van der Waals surface area contributed by atoms with Gasteiger partial charge in [-0.1, -0.05) is 18.7 Å². The van der Waals surface area contributed by atoms with Crippen LogP contribution in [0.1, 0.15) is 39.3 Å². The summed E-state index contributed by atoms with van der Waals surface area (Å²) in [5.74, 6) is -0.663. The standard InChI is InChI=1S/C16H20FNO3/c1-10(11(2)19)14(12-6-8-13(17)9-7-12)18-15(20)21-16(3,4)5/h6-9,14H,1H2,2-5H3,(H,18,20)/t14-/m0/s1. The number of benzene rings is 1. The minimum atomic E-state index is -0.752. The van der Waals surface area contributed by atoms with Crippen molar-refractivity contribution >= 4 is 11.9 Å². The lowest BCUT2D eigenvalue weighted by molar-refractivity contribution is -0.113. The van der Waals surface area contributed by atoms with Gasteiger partial charge >= 0.3 is 6.09 Å². The van der Waals surface area contributed by atoms with Crippen LogP contribution in [0.5, 0.6) is 0 Å². The Balaban J connectivity index is 2.98. The molecule has 0 bridgehead atoms. The average Bonchev–Trinajstić information content (AvgIpc) is 2.34. The van der Waals surface area contributed by atoms with Crippen molar-refractivity contribution < 1.29 is 18.7 Å². The maximum absolute atomic E-state index is 13.0. The van der Waals surface area contributed by atoms with Gasteiger partial charge < -0.3 is 10.1 Å². The van der Waals surface area contributed by atoms with Gasteiger partial charge in [0.05, 0.1) is 6.04 Å². The Hall–Kier alpha value is -2.17. The highest BCUT2D eigenvalue weighted by Gasteiger charge is 2.24. The molecule has 0 unspecified atom stereocenters. The summed E-state index contributed by atoms with van der Waals surface area (Å²) in [6.07, 6.45) is -0.667. The zero-order chi connectivity index (χ0) is 16.2. The summed E-state index contributed by atoms with van der Waals surface area (Å²) < 4.78 is 18.2. The van der Waals surface area contributed by atoms with E-state index in [9.17, 15) is 14.0 Å². The topological polar surface area (TPSA) is 55.4 Å². The number of ketones is 1. The molecule has 1 amide bonds. The van der Waals surface area contributed by atoms with Gasteiger partial charge in [-0.25, -0.2) is 9.18 Å². The SMILES string of the molecule is C=C(C(C)=O)[C@H](NC(=O)OC(C)(C)C)c1ccc(F)cc1. The van der Waals surface area contributed by atoms with E-state index < -0.39 is 23.6 Å². The van der Waals surface area contributed by atoms with Gasteiger partial charge in [0.15, 0.2) is 5.78 Å². The van der Waals surface area contributed by atoms with Crippen molar-refractivity contribution in [3.8, 4) is 0 Å². The summed E-state index contributed by atoms with van der Waals surface area (Å²) >= 11 is 0. The molecule has 4 nitrogen and oxygen atoms in total. The maximum atomic E-state index is 13.0. The fourth-order valence-electron chi connectivity index (χ4n) is 1.66. The molecular weight excluding hydrogens is 273 g/mol. The fraction of sp³-hybridized carbons (Fsp3) is 0.375. The Kier molecular flexibility index (Phi) is 5.24. The van der Waals surface area contributed by atoms with Crippen LogP contribution < -0.4 is 5.32 Å². The molecule has 0 heterocycles. The molecule has 0 spiro atoms. The average molecular weight is 293 g/mol. The number of hydrogen-bond acceptors (Lipinski definition) is 3. The quantitative estimate of drug-likeness (QED) is 0.864. The molecule has 114 valence electrons. The Labute approximate surface area is 124 Å². The first-order valence-corrected chi connectivity index (χ1v) is 6.55. The summed E-state index contributed by atoms with van der Waals surface area (Å²) in [4.78, 5) is 23.4. The van der Waals surface area contributed by atoms with E-state index in [-0.39, 0.29) is 11.4 Å². The second kappa shape index (κ2) is 6.52. The summed E-state index contributed by atoms with van der Waals surface area (Å²) in [7, 11) is 0. The molecule has 0 radical (unpaired) electrons. The summed E-state index contributed by atoms with van der Waals surface area (Å²) in [6.45, 7) is 10.3. The van der Waals surface area contributed by atoms with Gasteiger partial charge in [-0.2, -0.15) is 0 Å². The predicted octanol–water partition coefficient (Wildman–Crippen LogP) is 3.54. The molecule has 0 saturated heterocycles. The van der Waals surface area contributed by atoms with Crippen LogP contribution >= 0.6 is 0 Å². The van der Waals surface area contributed by atoms with Crippen LogP contribution in [0.25, 0.3) is 0 Å². The third-order valence-electron chi connectivity index (χ3n) is 2.67. The van der Waals surface area contributed by atoms with Gasteiger partial charge in [0, 0.05) is 5.57 Å². The smallest absolute Gasteiger partial charge is 0.408 e. The van der Waals surface area contributed by atoms with E-state index in [1.54, 1.807) is 20.8 Å². The molecule has 0 aliphatic carbocycles. The number of alkyl carbamates (subject to hydrolysis) is 1. The fourth-order valence-corrected chi connectivity index (χ4v) is 1.66. The minimum Gasteiger partial charge on any atom is -0.444 e. The molecule has 1 N–H and O–H groups in total. The van der Waals surface area contributed by atoms with Gasteiger partial charge in [-0.15, -0.1) is 0 Å². The number of amides is 1. The molecule has 21 heavy (non-hydrogen) atoms. The van der Waals surface area contributed by atoms with E-state index in [1.165, 1.54) is 31.2 Å². The van der Waals surface area contributed by atoms with Gasteiger partial charge in [0.2, 0.25) is 0 Å². The van der Waals surface area contributed by atoms with Crippen LogP contribution in [0.2, 0.25) is 0 Å². The van der Waals surface area contributed by atoms with E-state index in [0.717, 1.165) is 0 Å². The lowest BCUT2D eigenvalue weighted by atomic mass is 9.97. The van der Waals surface area contributed by atoms with Gasteiger partial charge in [-0.3, -0.25) is 4.79 Å². The number of nitrogens with one attached hydrogen (secondary N) is 1. The minimum absolute atomic E-state index is 0.201. The van der Waals surface area contributed by atoms with Crippen LogP contribution in [0.4, 0.5) is 9.18 Å². The Morgan fingerprint density at radius 1 is 1.24 bits per heavy atom. The largest absolute Gasteiger partial charge is 0.444 e. The van der Waals surface area contributed by atoms with Crippen molar-refractivity contribution in [3.63, 3.8) is 0 Å². The Morgan fingerprint density at radius 2 is 1.76 bits per heavy atom. The highest BCUT2D eigenvalue weighted by atomic mass is 19.1. The monoisotopic (exact) mass is 293 g/mol. The predicted molar refractivity (Wildman–Crippen MR) is 78.3 cm³/mol. The first-order chi connectivity index (χ1) is 9.60. The third-order valence-corrected chi connectivity index (χ3v) is 2.67. The highest BCUT2D eigenvalue weighted by molar-refractivity contribution is 5.94. The summed E-state index contributed by atoms with van der Waals surface area (Å²) in [5.41, 5.74) is 0.101. The molecule has 1 atom stereocenters. The van der Waals surface area contributed by atoms with E-state index >= 15 is 0 Å². The molecular formula is C16H20FNO3. The number of halogens is 1. The number of hydrogen-bond donors (Lipinski definition) is 1. The first kappa shape index (κ1) is 16.9. The molecule has 0 saturated carbocycles. The van der Waals surface area contributed by atoms with Crippen molar-refractivity contribution in [2.75, 3.05) is 0 Å². The van der Waals surface area contributed by atoms with Crippen LogP contribution in [0, 0.1) is 5.82 Å². The highest BCUT2D eigenvalue weighted by Crippen LogP contribution is 2.22. The van der Waals surface area contributed by atoms with Crippen LogP contribution in [-0.2, 0) is 9.53 Å². The third kappa shape index (κ3) is 5.38. The number of ether oxygens (including phenoxy) is 1. The van der Waals surface area contributed by atoms with Gasteiger partial charge in [0.25, 0.3) is 0 Å². The lowest BCUT2D eigenvalue weighted by Gasteiger charge is -2.24. The van der Waals surface area contributed by atoms with Gasteiger partial charge in [-0.05, 0) is 45.4 Å². The second-order valence-electron chi connectivity index (χ2n) is 5.71. The summed E-state index contributed by atoms with van der Waals surface area (Å²) in [6, 6.07) is 4.74. The Morgan fingerprint density at radius 3 is 2.19 bits per heavy atom. The summed E-state index contributed by atoms with van der Waals surface area (Å²) in [5, 5.41) is 2.59. The molecule has 5 heteroatoms. The number of rotatable bonds is 4. The van der Waals surface area contributed by atoms with Crippen LogP contribution in [0.15, 0.2) is 36.4 Å². The first-order valence-electron chi connectivity index (χ1n) is 6.55. The maximum Gasteiger partial charge on any atom is 0.408 e. The molecule has 1 aromatic rings. The van der Waals surface area contributed by atoms with E-state index in [0.29, 0.717) is 5.56 Å². The van der Waals surface area contributed by atoms with E-state index in [4.69, 9.17) is 4.74 Å². The van der Waals surface area contributed by atoms with E-state index in [2.05, 4.69) is 11.9 Å². The number of Topliss-reactive ketones (excluding diaryl/α,β-unsaturated/α-hetero) is 1. The Bertz CT molecular complexity index is 544. The lowest BCUT2D eigenvalue weighted by Crippen LogP contribution is -2.36. The van der Waals surface area contributed by atoms with Crippen LogP contribution in [-0.4, -0.2) is 17.5 Å². The second-order valence-corrected chi connectivity index (χ2v) is 5.71. The van der Waals surface area contributed by atoms with Crippen molar-refractivity contribution in [2.45, 2.75) is 39.3 Å². The van der Waals surface area contributed by atoms with E-state index in [1.807, 2.05) is 0 Å². The molecule has 0 fully saturated rings. The van der Waals surface area contributed by atoms with Crippen molar-refractivity contribution in [3.05, 3.63) is 47.8 Å². The molecule has 0 aliphatic heterocycles. The van der Waals surface area contributed by atoms with Crippen molar-refractivity contribution in [1.82, 2.24) is 5.32 Å². The van der Waals surface area contributed by atoms with Crippen molar-refractivity contribution in [1.29, 1.82) is 0 Å². The molecule has 1 aromatic carbocycles. The van der Waals surface area contributed by atoms with Crippen molar-refractivity contribution in [2.24, 2.45) is 0 Å². The zero-order valence-electron chi connectivity index (χ0n) is 12.7. The van der Waals surface area contributed by atoms with Crippen LogP contribution in [0.3, 0.4) is 0 Å². The zero-order valence-corrected chi connectivity index (χ0v) is 12.7. The van der Waals surface area contributed by atoms with Gasteiger partial charge in [0.1, 0.15) is 11.4 Å². The molecule has 1 rings (SSSR count). The molecule has 0 aromatic heterocycles.